The molecule has 0 atom stereocenters. The highest BCUT2D eigenvalue weighted by atomic mass is 32.1. The van der Waals surface area contributed by atoms with Gasteiger partial charge in [-0.05, 0) is 102 Å². The van der Waals surface area contributed by atoms with Crippen molar-refractivity contribution in [1.82, 2.24) is 0 Å². The molecule has 306 valence electrons. The zero-order valence-electron chi connectivity index (χ0n) is 35.5. The van der Waals surface area contributed by atoms with Gasteiger partial charge in [0.25, 0.3) is 0 Å². The van der Waals surface area contributed by atoms with Crippen LogP contribution in [0, 0.1) is 0 Å². The van der Waals surface area contributed by atoms with E-state index < -0.39 is 5.41 Å². The zero-order valence-corrected chi connectivity index (χ0v) is 36.3. The summed E-state index contributed by atoms with van der Waals surface area (Å²) in [5.41, 5.74) is 15.2. The van der Waals surface area contributed by atoms with Gasteiger partial charge in [0, 0.05) is 52.8 Å². The third-order valence-corrected chi connectivity index (χ3v) is 15.7. The maximum atomic E-state index is 7.19. The summed E-state index contributed by atoms with van der Waals surface area (Å²) in [6.45, 7) is 0. The molecule has 0 radical (unpaired) electrons. The van der Waals surface area contributed by atoms with Gasteiger partial charge in [-0.25, -0.2) is 0 Å². The molecular weight excluding hydrogens is 821 g/mol. The van der Waals surface area contributed by atoms with E-state index in [1.165, 1.54) is 91.6 Å². The second-order valence-corrected chi connectivity index (χ2v) is 18.8. The number of hydrogen-bond donors (Lipinski definition) is 0. The summed E-state index contributed by atoms with van der Waals surface area (Å²) >= 11 is 1.84. The van der Waals surface area contributed by atoms with Crippen LogP contribution in [0.3, 0.4) is 0 Å². The van der Waals surface area contributed by atoms with E-state index in [1.807, 2.05) is 11.3 Å². The van der Waals surface area contributed by atoms with Crippen LogP contribution in [0.25, 0.3) is 119 Å². The third-order valence-electron chi connectivity index (χ3n) is 14.5. The van der Waals surface area contributed by atoms with Crippen molar-refractivity contribution in [1.29, 1.82) is 0 Å². The van der Waals surface area contributed by atoms with Gasteiger partial charge in [0.05, 0.1) is 5.41 Å². The van der Waals surface area contributed by atoms with Gasteiger partial charge in [0.1, 0.15) is 22.3 Å². The monoisotopic (exact) mass is 856 g/mol. The predicted molar refractivity (Wildman–Crippen MR) is 277 cm³/mol. The first-order valence-corrected chi connectivity index (χ1v) is 23.5. The summed E-state index contributed by atoms with van der Waals surface area (Å²) in [4.78, 5) is 0. The molecule has 15 rings (SSSR count). The molecule has 3 heterocycles. The van der Waals surface area contributed by atoms with E-state index in [1.54, 1.807) is 0 Å². The number of thiophene rings is 1. The lowest BCUT2D eigenvalue weighted by Crippen LogP contribution is -2.28. The van der Waals surface area contributed by atoms with Gasteiger partial charge in [-0.15, -0.1) is 11.3 Å². The van der Waals surface area contributed by atoms with Gasteiger partial charge in [-0.1, -0.05) is 182 Å². The second kappa shape index (κ2) is 13.4. The lowest BCUT2D eigenvalue weighted by Gasteiger charge is -2.33. The van der Waals surface area contributed by atoms with Crippen LogP contribution in [0.1, 0.15) is 22.3 Å². The van der Waals surface area contributed by atoms with E-state index in [9.17, 15) is 0 Å². The van der Waals surface area contributed by atoms with Crippen LogP contribution in [0.2, 0.25) is 0 Å². The molecule has 0 fully saturated rings. The molecular formula is C63H36O2S. The van der Waals surface area contributed by atoms with Gasteiger partial charge in [-0.3, -0.25) is 0 Å². The number of fused-ring (bicyclic) bond motifs is 16. The molecule has 0 saturated carbocycles. The van der Waals surface area contributed by atoms with E-state index in [0.29, 0.717) is 0 Å². The maximum absolute atomic E-state index is 7.19. The van der Waals surface area contributed by atoms with Crippen LogP contribution >= 0.6 is 11.3 Å². The Labute approximate surface area is 383 Å². The average Bonchev–Trinajstić information content (AvgIpc) is 4.14. The molecule has 0 amide bonds. The zero-order chi connectivity index (χ0) is 43.1. The lowest BCUT2D eigenvalue weighted by atomic mass is 9.67. The molecule has 0 unspecified atom stereocenters. The molecule has 0 N–H and O–H groups in total. The van der Waals surface area contributed by atoms with E-state index in [-0.39, 0.29) is 0 Å². The van der Waals surface area contributed by atoms with Gasteiger partial charge < -0.3 is 8.83 Å². The minimum atomic E-state index is -0.498. The first-order valence-electron chi connectivity index (χ1n) is 22.7. The fourth-order valence-electron chi connectivity index (χ4n) is 12.0. The smallest absolute Gasteiger partial charge is 0.143 e. The van der Waals surface area contributed by atoms with E-state index in [4.69, 9.17) is 8.83 Å². The minimum absolute atomic E-state index is 0.498. The first kappa shape index (κ1) is 36.1. The molecule has 0 saturated heterocycles. The molecule has 3 heteroatoms. The summed E-state index contributed by atoms with van der Waals surface area (Å²) in [6, 6.07) is 79.9. The Kier molecular flexibility index (Phi) is 7.34. The Morgan fingerprint density at radius 2 is 0.909 bits per heavy atom. The summed E-state index contributed by atoms with van der Waals surface area (Å²) in [5, 5.41) is 11.9. The molecule has 66 heavy (non-hydrogen) atoms. The number of furan rings is 2. The van der Waals surface area contributed by atoms with Crippen molar-refractivity contribution in [2.24, 2.45) is 0 Å². The Hall–Kier alpha value is -8.24. The average molecular weight is 857 g/mol. The second-order valence-electron chi connectivity index (χ2n) is 17.7. The van der Waals surface area contributed by atoms with Crippen LogP contribution in [0.15, 0.2) is 227 Å². The fraction of sp³-hybridized carbons (Fsp3) is 0.0159. The summed E-state index contributed by atoms with van der Waals surface area (Å²) in [6.07, 6.45) is 0. The molecule has 3 aromatic heterocycles. The van der Waals surface area contributed by atoms with Crippen molar-refractivity contribution >= 4 is 96.9 Å². The largest absolute Gasteiger partial charge is 0.456 e. The molecule has 1 aliphatic carbocycles. The predicted octanol–water partition coefficient (Wildman–Crippen LogP) is 17.9. The van der Waals surface area contributed by atoms with E-state index in [0.717, 1.165) is 49.6 Å². The highest BCUT2D eigenvalue weighted by molar-refractivity contribution is 7.26. The molecule has 14 aromatic rings. The number of rotatable bonds is 4. The molecule has 0 spiro atoms. The van der Waals surface area contributed by atoms with Gasteiger partial charge >= 0.3 is 0 Å². The number of benzene rings is 11. The third kappa shape index (κ3) is 4.69. The lowest BCUT2D eigenvalue weighted by molar-refractivity contribution is 0.669. The van der Waals surface area contributed by atoms with Crippen molar-refractivity contribution in [2.45, 2.75) is 5.41 Å². The molecule has 0 aliphatic heterocycles. The van der Waals surface area contributed by atoms with Crippen LogP contribution in [0.5, 0.6) is 0 Å². The SMILES string of the molecule is c1ccc(C2(c3ccccc3)c3ccccc3-c3c2ccc2oc4c(-c5c6ccccc6c(-c6ccc7c(c6)oc6ccc8sc9ccccc9c8c67)c6ccccc56)cccc4c32)cc1. The van der Waals surface area contributed by atoms with E-state index >= 15 is 0 Å². The fourth-order valence-corrected chi connectivity index (χ4v) is 13.1. The highest BCUT2D eigenvalue weighted by Crippen LogP contribution is 2.59. The molecule has 11 aromatic carbocycles. The Morgan fingerprint density at radius 1 is 0.318 bits per heavy atom. The van der Waals surface area contributed by atoms with Crippen molar-refractivity contribution < 1.29 is 8.83 Å². The summed E-state index contributed by atoms with van der Waals surface area (Å²) in [7, 11) is 0. The van der Waals surface area contributed by atoms with Crippen molar-refractivity contribution in [3.05, 3.63) is 241 Å². The van der Waals surface area contributed by atoms with Crippen molar-refractivity contribution in [3.8, 4) is 33.4 Å². The van der Waals surface area contributed by atoms with Crippen molar-refractivity contribution in [2.75, 3.05) is 0 Å². The Morgan fingerprint density at radius 3 is 1.65 bits per heavy atom. The normalized spacial score (nSPS) is 13.3. The Balaban J connectivity index is 0.980. The summed E-state index contributed by atoms with van der Waals surface area (Å²) < 4.78 is 16.5. The van der Waals surface area contributed by atoms with Gasteiger partial charge in [-0.2, -0.15) is 0 Å². The Bertz CT molecular complexity index is 4240. The topological polar surface area (TPSA) is 26.3 Å². The summed E-state index contributed by atoms with van der Waals surface area (Å²) in [5.74, 6) is 0. The molecule has 1 aliphatic rings. The molecule has 2 nitrogen and oxygen atoms in total. The molecule has 0 bridgehead atoms. The van der Waals surface area contributed by atoms with Crippen molar-refractivity contribution in [3.63, 3.8) is 0 Å². The van der Waals surface area contributed by atoms with Gasteiger partial charge in [0.2, 0.25) is 0 Å². The van der Waals surface area contributed by atoms with Crippen LogP contribution < -0.4 is 0 Å². The van der Waals surface area contributed by atoms with Crippen LogP contribution in [0.4, 0.5) is 0 Å². The van der Waals surface area contributed by atoms with Crippen LogP contribution in [-0.2, 0) is 5.41 Å². The van der Waals surface area contributed by atoms with Gasteiger partial charge in [0.15, 0.2) is 0 Å². The highest BCUT2D eigenvalue weighted by Gasteiger charge is 2.47. The van der Waals surface area contributed by atoms with E-state index in [2.05, 4.69) is 218 Å². The minimum Gasteiger partial charge on any atom is -0.456 e. The first-order chi connectivity index (χ1) is 32.8. The number of para-hydroxylation sites is 1. The van der Waals surface area contributed by atoms with Crippen LogP contribution in [-0.4, -0.2) is 0 Å². The standard InChI is InChI=1S/C63H36O2S/c1-3-16-38(17-4-1)63(39-18-5-2-6-19-39)49-28-13-11-24-44(49)58-50(63)32-33-52-60(58)48-27-15-26-47(62(48)65-52)57-42-22-9-7-20-40(42)56(41-21-8-10-23-43(41)57)37-30-31-45-53(36-37)64-51-34-35-55-61(59(45)51)46-25-12-14-29-54(46)66-55/h1-36H. The number of hydrogen-bond acceptors (Lipinski definition) is 3. The maximum Gasteiger partial charge on any atom is 0.143 e. The quantitative estimate of drug-likeness (QED) is 0.165.